The monoisotopic (exact) mass is 335 g/mol. The normalized spacial score (nSPS) is 16.7. The number of hydrogen-bond donors (Lipinski definition) is 1. The predicted molar refractivity (Wildman–Crippen MR) is 97.2 cm³/mol. The Hall–Kier alpha value is -2.79. The lowest BCUT2D eigenvalue weighted by atomic mass is 10.1. The van der Waals surface area contributed by atoms with E-state index < -0.39 is 0 Å². The number of anilines is 1. The lowest BCUT2D eigenvalue weighted by molar-refractivity contribution is 0.142. The first-order chi connectivity index (χ1) is 12.4. The maximum Gasteiger partial charge on any atom is 0.142 e. The van der Waals surface area contributed by atoms with Crippen molar-refractivity contribution < 1.29 is 9.47 Å². The molecule has 25 heavy (non-hydrogen) atoms. The minimum absolute atomic E-state index is 0.138. The number of para-hydroxylation sites is 3. The van der Waals surface area contributed by atoms with Gasteiger partial charge in [-0.1, -0.05) is 30.3 Å². The molecule has 0 spiro atoms. The Labute approximate surface area is 147 Å². The van der Waals surface area contributed by atoms with Crippen molar-refractivity contribution >= 4 is 5.69 Å². The molecule has 2 aromatic carbocycles. The van der Waals surface area contributed by atoms with Gasteiger partial charge in [0.05, 0.1) is 24.6 Å². The largest absolute Gasteiger partial charge is 0.486 e. The standard InChI is InChI=1S/C20H21N3O2/c1-3-8-19(23-12-5-11-22-23)16(6-1)14-21-18-7-2-4-9-20(18)25-17-10-13-24-15-17/h1-9,11-12,17,21H,10,13-15H2. The third-order valence-corrected chi connectivity index (χ3v) is 4.28. The first-order valence-corrected chi connectivity index (χ1v) is 8.55. The SMILES string of the molecule is c1ccc(-n2cccn2)c(CNc2ccccc2OC2CCOC2)c1. The maximum absolute atomic E-state index is 6.09. The molecule has 1 atom stereocenters. The van der Waals surface area contributed by atoms with Crippen LogP contribution in [0.25, 0.3) is 5.69 Å². The van der Waals surface area contributed by atoms with Crippen LogP contribution in [0.2, 0.25) is 0 Å². The van der Waals surface area contributed by atoms with Crippen molar-refractivity contribution in [3.8, 4) is 11.4 Å². The number of nitrogens with one attached hydrogen (secondary N) is 1. The molecule has 128 valence electrons. The molecular weight excluding hydrogens is 314 g/mol. The smallest absolute Gasteiger partial charge is 0.142 e. The highest BCUT2D eigenvalue weighted by atomic mass is 16.5. The molecule has 3 aromatic rings. The van der Waals surface area contributed by atoms with Gasteiger partial charge in [-0.3, -0.25) is 0 Å². The average molecular weight is 335 g/mol. The number of benzene rings is 2. The summed E-state index contributed by atoms with van der Waals surface area (Å²) in [6, 6.07) is 18.2. The quantitative estimate of drug-likeness (QED) is 0.747. The zero-order chi connectivity index (χ0) is 16.9. The van der Waals surface area contributed by atoms with Gasteiger partial charge in [0.1, 0.15) is 11.9 Å². The highest BCUT2D eigenvalue weighted by Gasteiger charge is 2.18. The number of nitrogens with zero attached hydrogens (tertiary/aromatic N) is 2. The molecule has 1 N–H and O–H groups in total. The van der Waals surface area contributed by atoms with Crippen LogP contribution in [-0.2, 0) is 11.3 Å². The van der Waals surface area contributed by atoms with Gasteiger partial charge in [-0.15, -0.1) is 0 Å². The Morgan fingerprint density at radius 3 is 2.84 bits per heavy atom. The molecule has 5 heteroatoms. The predicted octanol–water partition coefficient (Wildman–Crippen LogP) is 3.65. The molecule has 4 rings (SSSR count). The Balaban J connectivity index is 1.51. The molecule has 1 unspecified atom stereocenters. The van der Waals surface area contributed by atoms with Crippen molar-refractivity contribution in [3.63, 3.8) is 0 Å². The van der Waals surface area contributed by atoms with Crippen LogP contribution in [0.3, 0.4) is 0 Å². The topological polar surface area (TPSA) is 48.3 Å². The molecule has 1 aliphatic rings. The van der Waals surface area contributed by atoms with E-state index >= 15 is 0 Å². The molecule has 0 saturated carbocycles. The zero-order valence-electron chi connectivity index (χ0n) is 14.0. The van der Waals surface area contributed by atoms with E-state index in [1.165, 1.54) is 5.56 Å². The van der Waals surface area contributed by atoms with Gasteiger partial charge in [0, 0.05) is 25.4 Å². The maximum atomic E-state index is 6.09. The second-order valence-electron chi connectivity index (χ2n) is 6.03. The Morgan fingerprint density at radius 2 is 2.00 bits per heavy atom. The van der Waals surface area contributed by atoms with Gasteiger partial charge in [0.15, 0.2) is 0 Å². The van der Waals surface area contributed by atoms with Crippen LogP contribution in [0.5, 0.6) is 5.75 Å². The van der Waals surface area contributed by atoms with Gasteiger partial charge in [-0.05, 0) is 29.8 Å². The molecular formula is C20H21N3O2. The van der Waals surface area contributed by atoms with Crippen LogP contribution >= 0.6 is 0 Å². The summed E-state index contributed by atoms with van der Waals surface area (Å²) in [5.74, 6) is 0.870. The van der Waals surface area contributed by atoms with Crippen LogP contribution in [-0.4, -0.2) is 29.1 Å². The Bertz CT molecular complexity index is 811. The lowest BCUT2D eigenvalue weighted by Gasteiger charge is -2.17. The van der Waals surface area contributed by atoms with E-state index in [0.717, 1.165) is 30.2 Å². The van der Waals surface area contributed by atoms with E-state index in [1.54, 1.807) is 6.20 Å². The summed E-state index contributed by atoms with van der Waals surface area (Å²) in [6.45, 7) is 2.13. The second-order valence-corrected chi connectivity index (χ2v) is 6.03. The van der Waals surface area contributed by atoms with Crippen molar-refractivity contribution in [2.45, 2.75) is 19.1 Å². The van der Waals surface area contributed by atoms with E-state index in [2.05, 4.69) is 22.5 Å². The van der Waals surface area contributed by atoms with E-state index in [9.17, 15) is 0 Å². The van der Waals surface area contributed by atoms with Crippen molar-refractivity contribution in [1.29, 1.82) is 0 Å². The summed E-state index contributed by atoms with van der Waals surface area (Å²) in [5, 5.41) is 7.84. The van der Waals surface area contributed by atoms with Crippen molar-refractivity contribution in [3.05, 3.63) is 72.6 Å². The third-order valence-electron chi connectivity index (χ3n) is 4.28. The van der Waals surface area contributed by atoms with E-state index in [0.29, 0.717) is 13.2 Å². The molecule has 1 fully saturated rings. The fourth-order valence-corrected chi connectivity index (χ4v) is 2.99. The Kier molecular flexibility index (Phi) is 4.65. The molecule has 1 aliphatic heterocycles. The molecule has 0 radical (unpaired) electrons. The number of ether oxygens (including phenoxy) is 2. The molecule has 0 aliphatic carbocycles. The summed E-state index contributed by atoms with van der Waals surface area (Å²) in [7, 11) is 0. The summed E-state index contributed by atoms with van der Waals surface area (Å²) >= 11 is 0. The van der Waals surface area contributed by atoms with Crippen molar-refractivity contribution in [1.82, 2.24) is 9.78 Å². The number of aromatic nitrogens is 2. The molecule has 0 bridgehead atoms. The third kappa shape index (κ3) is 3.67. The summed E-state index contributed by atoms with van der Waals surface area (Å²) in [5.41, 5.74) is 3.23. The zero-order valence-corrected chi connectivity index (χ0v) is 14.0. The van der Waals surface area contributed by atoms with Gasteiger partial charge >= 0.3 is 0 Å². The van der Waals surface area contributed by atoms with Crippen LogP contribution in [0.4, 0.5) is 5.69 Å². The Morgan fingerprint density at radius 1 is 1.12 bits per heavy atom. The van der Waals surface area contributed by atoms with Gasteiger partial charge in [0.25, 0.3) is 0 Å². The fourth-order valence-electron chi connectivity index (χ4n) is 2.99. The minimum atomic E-state index is 0.138. The first kappa shape index (κ1) is 15.7. The van der Waals surface area contributed by atoms with Crippen LogP contribution in [0.1, 0.15) is 12.0 Å². The second kappa shape index (κ2) is 7.40. The molecule has 1 aromatic heterocycles. The fraction of sp³-hybridized carbons (Fsp3) is 0.250. The molecule has 1 saturated heterocycles. The van der Waals surface area contributed by atoms with Crippen molar-refractivity contribution in [2.24, 2.45) is 0 Å². The van der Waals surface area contributed by atoms with E-state index in [1.807, 2.05) is 53.3 Å². The van der Waals surface area contributed by atoms with Gasteiger partial charge in [0.2, 0.25) is 0 Å². The number of rotatable bonds is 6. The first-order valence-electron chi connectivity index (χ1n) is 8.55. The number of hydrogen-bond acceptors (Lipinski definition) is 4. The summed E-state index contributed by atoms with van der Waals surface area (Å²) in [4.78, 5) is 0. The summed E-state index contributed by atoms with van der Waals surface area (Å²) in [6.07, 6.45) is 4.82. The van der Waals surface area contributed by atoms with Crippen molar-refractivity contribution in [2.75, 3.05) is 18.5 Å². The van der Waals surface area contributed by atoms with Crippen LogP contribution in [0.15, 0.2) is 67.0 Å². The highest BCUT2D eigenvalue weighted by molar-refractivity contribution is 5.57. The van der Waals surface area contributed by atoms with E-state index in [-0.39, 0.29) is 6.10 Å². The van der Waals surface area contributed by atoms with Crippen LogP contribution in [0, 0.1) is 0 Å². The molecule has 0 amide bonds. The summed E-state index contributed by atoms with van der Waals surface area (Å²) < 4.78 is 13.4. The van der Waals surface area contributed by atoms with Gasteiger partial charge < -0.3 is 14.8 Å². The van der Waals surface area contributed by atoms with Gasteiger partial charge in [-0.2, -0.15) is 5.10 Å². The van der Waals surface area contributed by atoms with E-state index in [4.69, 9.17) is 9.47 Å². The highest BCUT2D eigenvalue weighted by Crippen LogP contribution is 2.27. The average Bonchev–Trinajstić information content (AvgIpc) is 3.35. The minimum Gasteiger partial charge on any atom is -0.486 e. The lowest BCUT2D eigenvalue weighted by Crippen LogP contribution is -2.16. The molecule has 5 nitrogen and oxygen atoms in total. The van der Waals surface area contributed by atoms with Gasteiger partial charge in [-0.25, -0.2) is 4.68 Å². The molecule has 2 heterocycles. The van der Waals surface area contributed by atoms with Crippen LogP contribution < -0.4 is 10.1 Å².